The van der Waals surface area contributed by atoms with Crippen molar-refractivity contribution in [2.45, 2.75) is 40.2 Å². The molecule has 0 fully saturated rings. The molecule has 30 heavy (non-hydrogen) atoms. The van der Waals surface area contributed by atoms with Gasteiger partial charge < -0.3 is 10.1 Å². The van der Waals surface area contributed by atoms with Gasteiger partial charge in [-0.05, 0) is 24.0 Å². The molecule has 2 N–H and O–H groups in total. The second-order valence-corrected chi connectivity index (χ2v) is 7.76. The van der Waals surface area contributed by atoms with Crippen LogP contribution >= 0.6 is 0 Å². The zero-order valence-corrected chi connectivity index (χ0v) is 17.6. The van der Waals surface area contributed by atoms with Crippen LogP contribution in [0.1, 0.15) is 49.7 Å². The van der Waals surface area contributed by atoms with Gasteiger partial charge in [0.2, 0.25) is 5.88 Å². The molecule has 3 heterocycles. The number of amides is 1. The van der Waals surface area contributed by atoms with Crippen LogP contribution in [0.2, 0.25) is 0 Å². The summed E-state index contributed by atoms with van der Waals surface area (Å²) in [4.78, 5) is 49.1. The maximum Gasteiger partial charge on any atom is 0.330 e. The van der Waals surface area contributed by atoms with Gasteiger partial charge in [0, 0.05) is 18.3 Å². The number of nitrogens with one attached hydrogen (secondary N) is 2. The molecule has 0 aromatic carbocycles. The van der Waals surface area contributed by atoms with Crippen LogP contribution in [0.15, 0.2) is 34.0 Å². The van der Waals surface area contributed by atoms with Crippen LogP contribution < -0.4 is 21.3 Å². The van der Waals surface area contributed by atoms with Crippen molar-refractivity contribution >= 4 is 22.6 Å². The Morgan fingerprint density at radius 3 is 2.53 bits per heavy atom. The first-order valence-electron chi connectivity index (χ1n) is 9.70. The average molecular weight is 411 g/mol. The van der Waals surface area contributed by atoms with E-state index in [1.807, 2.05) is 27.7 Å². The highest BCUT2D eigenvalue weighted by Gasteiger charge is 2.21. The van der Waals surface area contributed by atoms with E-state index in [0.717, 1.165) is 0 Å². The molecule has 158 valence electrons. The number of carbonyl (C=O) groups is 1. The minimum absolute atomic E-state index is 0.00880. The molecule has 0 saturated carbocycles. The van der Waals surface area contributed by atoms with E-state index in [1.54, 1.807) is 18.2 Å². The molecule has 9 heteroatoms. The minimum atomic E-state index is -0.643. The number of aromatic amines is 1. The topological polar surface area (TPSA) is 119 Å². The lowest BCUT2D eigenvalue weighted by atomic mass is 10.0. The van der Waals surface area contributed by atoms with Gasteiger partial charge in [0.1, 0.15) is 0 Å². The summed E-state index contributed by atoms with van der Waals surface area (Å²) >= 11 is 0. The molecule has 0 bridgehead atoms. The molecular weight excluding hydrogens is 386 g/mol. The summed E-state index contributed by atoms with van der Waals surface area (Å²) in [6, 6.07) is 4.86. The Morgan fingerprint density at radius 2 is 1.97 bits per heavy atom. The van der Waals surface area contributed by atoms with Gasteiger partial charge in [0.25, 0.3) is 11.5 Å². The van der Waals surface area contributed by atoms with Crippen LogP contribution in [0.5, 0.6) is 5.88 Å². The quantitative estimate of drug-likeness (QED) is 0.643. The number of fused-ring (bicyclic) bond motifs is 1. The third-order valence-corrected chi connectivity index (χ3v) is 4.56. The van der Waals surface area contributed by atoms with Crippen molar-refractivity contribution in [1.82, 2.24) is 19.5 Å². The maximum atomic E-state index is 13.1. The van der Waals surface area contributed by atoms with Crippen molar-refractivity contribution in [3.05, 3.63) is 56.5 Å². The summed E-state index contributed by atoms with van der Waals surface area (Å²) < 4.78 is 6.44. The number of ether oxygens (including phenoxy) is 1. The van der Waals surface area contributed by atoms with Crippen molar-refractivity contribution in [2.24, 2.45) is 5.92 Å². The molecule has 0 atom stereocenters. The van der Waals surface area contributed by atoms with E-state index in [2.05, 4.69) is 20.3 Å². The smallest absolute Gasteiger partial charge is 0.330 e. The first kappa shape index (κ1) is 21.2. The Kier molecular flexibility index (Phi) is 6.00. The lowest BCUT2D eigenvalue weighted by Crippen LogP contribution is -2.33. The molecule has 0 spiro atoms. The third-order valence-electron chi connectivity index (χ3n) is 4.56. The van der Waals surface area contributed by atoms with Crippen LogP contribution in [-0.4, -0.2) is 32.5 Å². The average Bonchev–Trinajstić information content (AvgIpc) is 2.70. The molecule has 3 rings (SSSR count). The molecule has 0 radical (unpaired) electrons. The van der Waals surface area contributed by atoms with Gasteiger partial charge in [-0.1, -0.05) is 27.7 Å². The van der Waals surface area contributed by atoms with Crippen LogP contribution in [0, 0.1) is 5.92 Å². The lowest BCUT2D eigenvalue weighted by molar-refractivity contribution is 0.102. The molecule has 0 unspecified atom stereocenters. The number of hydrogen-bond acceptors (Lipinski definition) is 6. The van der Waals surface area contributed by atoms with Crippen LogP contribution in [0.3, 0.4) is 0 Å². The van der Waals surface area contributed by atoms with Crippen LogP contribution in [0.4, 0.5) is 5.69 Å². The van der Waals surface area contributed by atoms with E-state index in [0.29, 0.717) is 23.8 Å². The fraction of sp³-hybridized carbons (Fsp3) is 0.381. The zero-order chi connectivity index (χ0) is 22.0. The number of hydrogen-bond donors (Lipinski definition) is 2. The number of rotatable bonds is 6. The number of pyridine rings is 2. The Hall–Kier alpha value is -3.49. The highest BCUT2D eigenvalue weighted by molar-refractivity contribution is 6.11. The SMILES string of the molecule is COc1ccc(NC(=O)c2cc(C(C)C)nc3c2c(=O)[nH]c(=O)n3CC(C)C)cn1. The Morgan fingerprint density at radius 1 is 1.23 bits per heavy atom. The third kappa shape index (κ3) is 4.24. The van der Waals surface area contributed by atoms with Gasteiger partial charge in [-0.3, -0.25) is 19.1 Å². The highest BCUT2D eigenvalue weighted by Crippen LogP contribution is 2.21. The number of aromatic nitrogens is 4. The Balaban J connectivity index is 2.20. The monoisotopic (exact) mass is 411 g/mol. The molecule has 0 aliphatic carbocycles. The largest absolute Gasteiger partial charge is 0.481 e. The normalized spacial score (nSPS) is 11.3. The van der Waals surface area contributed by atoms with E-state index in [9.17, 15) is 14.4 Å². The van der Waals surface area contributed by atoms with Gasteiger partial charge in [-0.15, -0.1) is 0 Å². The van der Waals surface area contributed by atoms with Crippen molar-refractivity contribution in [3.8, 4) is 5.88 Å². The van der Waals surface area contributed by atoms with E-state index in [4.69, 9.17) is 4.74 Å². The van der Waals surface area contributed by atoms with E-state index in [-0.39, 0.29) is 28.4 Å². The maximum absolute atomic E-state index is 13.1. The number of H-pyrrole nitrogens is 1. The fourth-order valence-corrected chi connectivity index (χ4v) is 3.08. The minimum Gasteiger partial charge on any atom is -0.481 e. The molecule has 3 aromatic heterocycles. The highest BCUT2D eigenvalue weighted by atomic mass is 16.5. The van der Waals surface area contributed by atoms with Crippen molar-refractivity contribution in [2.75, 3.05) is 12.4 Å². The molecule has 9 nitrogen and oxygen atoms in total. The van der Waals surface area contributed by atoms with Crippen molar-refractivity contribution in [1.29, 1.82) is 0 Å². The number of methoxy groups -OCH3 is 1. The first-order valence-corrected chi connectivity index (χ1v) is 9.70. The predicted octanol–water partition coefficient (Wildman–Crippen LogP) is 2.52. The summed E-state index contributed by atoms with van der Waals surface area (Å²) in [7, 11) is 1.50. The Bertz CT molecular complexity index is 1190. The lowest BCUT2D eigenvalue weighted by Gasteiger charge is -2.16. The van der Waals surface area contributed by atoms with Crippen molar-refractivity contribution < 1.29 is 9.53 Å². The van der Waals surface area contributed by atoms with Crippen LogP contribution in [-0.2, 0) is 6.54 Å². The van der Waals surface area contributed by atoms with Crippen molar-refractivity contribution in [3.63, 3.8) is 0 Å². The van der Waals surface area contributed by atoms with E-state index >= 15 is 0 Å². The summed E-state index contributed by atoms with van der Waals surface area (Å²) in [6.07, 6.45) is 1.46. The summed E-state index contributed by atoms with van der Waals surface area (Å²) in [5.74, 6) is 0.0598. The summed E-state index contributed by atoms with van der Waals surface area (Å²) in [5.41, 5.74) is 0.239. The predicted molar refractivity (Wildman–Crippen MR) is 114 cm³/mol. The second kappa shape index (κ2) is 8.48. The number of anilines is 1. The standard InChI is InChI=1S/C21H25N5O4/c1-11(2)10-26-18-17(20(28)25-21(26)29)14(8-15(24-18)12(3)4)19(27)23-13-6-7-16(30-5)22-9-13/h6-9,11-12H,10H2,1-5H3,(H,23,27)(H,25,28,29). The summed E-state index contributed by atoms with van der Waals surface area (Å²) in [6.45, 7) is 8.15. The molecule has 0 saturated heterocycles. The molecular formula is C21H25N5O4. The molecule has 1 amide bonds. The summed E-state index contributed by atoms with van der Waals surface area (Å²) in [5, 5.41) is 2.83. The zero-order valence-electron chi connectivity index (χ0n) is 17.6. The number of nitrogens with zero attached hydrogens (tertiary/aromatic N) is 3. The molecule has 0 aliphatic rings. The molecule has 3 aromatic rings. The van der Waals surface area contributed by atoms with Gasteiger partial charge in [0.05, 0.1) is 29.9 Å². The first-order chi connectivity index (χ1) is 14.2. The number of carbonyl (C=O) groups excluding carboxylic acids is 1. The second-order valence-electron chi connectivity index (χ2n) is 7.76. The van der Waals surface area contributed by atoms with Gasteiger partial charge in [-0.2, -0.15) is 0 Å². The molecule has 0 aliphatic heterocycles. The van der Waals surface area contributed by atoms with Crippen LogP contribution in [0.25, 0.3) is 11.0 Å². The Labute approximate surface area is 173 Å². The van der Waals surface area contributed by atoms with E-state index in [1.165, 1.54) is 17.9 Å². The fourth-order valence-electron chi connectivity index (χ4n) is 3.08. The van der Waals surface area contributed by atoms with Gasteiger partial charge >= 0.3 is 5.69 Å². The van der Waals surface area contributed by atoms with Gasteiger partial charge in [0.15, 0.2) is 5.65 Å². The van der Waals surface area contributed by atoms with E-state index < -0.39 is 17.2 Å². The van der Waals surface area contributed by atoms with Gasteiger partial charge in [-0.25, -0.2) is 14.8 Å².